The molecule has 0 radical (unpaired) electrons. The summed E-state index contributed by atoms with van der Waals surface area (Å²) in [4.78, 5) is 15.5. The molecule has 0 aliphatic carbocycles. The first kappa shape index (κ1) is 19.6. The number of carbonyl (C=O) groups is 1. The fraction of sp³-hybridized carbons (Fsp3) is 0.409. The van der Waals surface area contributed by atoms with E-state index in [4.69, 9.17) is 0 Å². The Balaban J connectivity index is 1.40. The summed E-state index contributed by atoms with van der Waals surface area (Å²) < 4.78 is 38.5. The van der Waals surface area contributed by atoms with Gasteiger partial charge in [0.15, 0.2) is 0 Å². The van der Waals surface area contributed by atoms with Crippen LogP contribution < -0.4 is 15.1 Å². The first-order valence-corrected chi connectivity index (χ1v) is 9.89. The normalized spacial score (nSPS) is 18.0. The van der Waals surface area contributed by atoms with Crippen LogP contribution in [0.1, 0.15) is 24.8 Å². The number of nitrogens with one attached hydrogen (secondary N) is 1. The minimum Gasteiger partial charge on any atom is -0.372 e. The molecule has 29 heavy (non-hydrogen) atoms. The molecule has 0 saturated carbocycles. The number of hydrogen-bond donors (Lipinski definition) is 1. The second-order valence-electron chi connectivity index (χ2n) is 7.77. The van der Waals surface area contributed by atoms with E-state index in [1.807, 2.05) is 41.3 Å². The van der Waals surface area contributed by atoms with E-state index in [0.29, 0.717) is 19.5 Å². The maximum atomic E-state index is 12.8. The molecule has 2 aliphatic heterocycles. The van der Waals surface area contributed by atoms with Crippen molar-refractivity contribution in [2.75, 3.05) is 35.3 Å². The zero-order valence-corrected chi connectivity index (χ0v) is 16.3. The number of halogens is 3. The van der Waals surface area contributed by atoms with Gasteiger partial charge in [-0.05, 0) is 67.3 Å². The third kappa shape index (κ3) is 4.18. The van der Waals surface area contributed by atoms with Crippen LogP contribution in [-0.2, 0) is 11.2 Å². The highest BCUT2D eigenvalue weighted by Crippen LogP contribution is 2.36. The van der Waals surface area contributed by atoms with Gasteiger partial charge in [-0.2, -0.15) is 13.2 Å². The van der Waals surface area contributed by atoms with Crippen LogP contribution >= 0.6 is 0 Å². The van der Waals surface area contributed by atoms with Gasteiger partial charge in [-0.3, -0.25) is 4.79 Å². The molecule has 2 aliphatic rings. The van der Waals surface area contributed by atoms with E-state index in [1.54, 1.807) is 11.9 Å². The van der Waals surface area contributed by atoms with Gasteiger partial charge in [0.2, 0.25) is 5.91 Å². The SMILES string of the molecule is CN1C(=O)CCc2cc(Nc3ccc(N4CCC(C(F)(F)F)CC4)cc3)ccc21. The summed E-state index contributed by atoms with van der Waals surface area (Å²) >= 11 is 0. The number of alkyl halides is 3. The number of anilines is 4. The smallest absolute Gasteiger partial charge is 0.372 e. The Morgan fingerprint density at radius 2 is 1.62 bits per heavy atom. The Bertz CT molecular complexity index is 887. The van der Waals surface area contributed by atoms with Gasteiger partial charge in [0, 0.05) is 49.3 Å². The van der Waals surface area contributed by atoms with Crippen LogP contribution in [-0.4, -0.2) is 32.2 Å². The molecular formula is C22H24F3N3O. The number of hydrogen-bond acceptors (Lipinski definition) is 3. The van der Waals surface area contributed by atoms with E-state index in [-0.39, 0.29) is 18.7 Å². The lowest BCUT2D eigenvalue weighted by Gasteiger charge is -2.34. The number of piperidine rings is 1. The van der Waals surface area contributed by atoms with Gasteiger partial charge in [0.1, 0.15) is 0 Å². The molecule has 0 aromatic heterocycles. The molecule has 1 fully saturated rings. The van der Waals surface area contributed by atoms with Crippen LogP contribution in [0, 0.1) is 5.92 Å². The largest absolute Gasteiger partial charge is 0.391 e. The number of aryl methyl sites for hydroxylation is 1. The molecule has 1 saturated heterocycles. The summed E-state index contributed by atoms with van der Waals surface area (Å²) in [7, 11) is 1.80. The van der Waals surface area contributed by atoms with Gasteiger partial charge < -0.3 is 15.1 Å². The molecule has 4 rings (SSSR count). The number of carbonyl (C=O) groups excluding carboxylic acids is 1. The molecule has 2 aromatic rings. The topological polar surface area (TPSA) is 35.6 Å². The van der Waals surface area contributed by atoms with Crippen molar-refractivity contribution in [3.8, 4) is 0 Å². The molecular weight excluding hydrogens is 379 g/mol. The number of nitrogens with zero attached hydrogens (tertiary/aromatic N) is 2. The summed E-state index contributed by atoms with van der Waals surface area (Å²) in [5.41, 5.74) is 4.90. The first-order chi connectivity index (χ1) is 13.8. The molecule has 154 valence electrons. The molecule has 0 spiro atoms. The molecule has 1 amide bonds. The quantitative estimate of drug-likeness (QED) is 0.773. The third-order valence-corrected chi connectivity index (χ3v) is 5.90. The molecule has 7 heteroatoms. The van der Waals surface area contributed by atoms with Gasteiger partial charge in [-0.25, -0.2) is 0 Å². The van der Waals surface area contributed by atoms with Crippen LogP contribution in [0.2, 0.25) is 0 Å². The van der Waals surface area contributed by atoms with E-state index >= 15 is 0 Å². The third-order valence-electron chi connectivity index (χ3n) is 5.90. The van der Waals surface area contributed by atoms with Crippen LogP contribution in [0.15, 0.2) is 42.5 Å². The van der Waals surface area contributed by atoms with Gasteiger partial charge >= 0.3 is 6.18 Å². The lowest BCUT2D eigenvalue weighted by molar-refractivity contribution is -0.179. The summed E-state index contributed by atoms with van der Waals surface area (Å²) in [5.74, 6) is -1.05. The van der Waals surface area contributed by atoms with Crippen molar-refractivity contribution >= 4 is 28.7 Å². The van der Waals surface area contributed by atoms with Gasteiger partial charge in [0.25, 0.3) is 0 Å². The Labute approximate surface area is 168 Å². The molecule has 4 nitrogen and oxygen atoms in total. The molecule has 1 N–H and O–H groups in total. The number of benzene rings is 2. The van der Waals surface area contributed by atoms with Crippen molar-refractivity contribution in [2.24, 2.45) is 5.92 Å². The summed E-state index contributed by atoms with van der Waals surface area (Å²) in [5, 5.41) is 3.37. The Morgan fingerprint density at radius 3 is 2.28 bits per heavy atom. The van der Waals surface area contributed by atoms with Crippen molar-refractivity contribution < 1.29 is 18.0 Å². The number of rotatable bonds is 3. The lowest BCUT2D eigenvalue weighted by atomic mass is 9.96. The highest BCUT2D eigenvalue weighted by atomic mass is 19.4. The predicted octanol–water partition coefficient (Wildman–Crippen LogP) is 5.12. The van der Waals surface area contributed by atoms with Crippen LogP contribution in [0.4, 0.5) is 35.9 Å². The maximum Gasteiger partial charge on any atom is 0.391 e. The zero-order chi connectivity index (χ0) is 20.6. The second kappa shape index (κ2) is 7.61. The molecule has 0 unspecified atom stereocenters. The summed E-state index contributed by atoms with van der Waals surface area (Å²) in [6.07, 6.45) is -2.53. The average molecular weight is 403 g/mol. The van der Waals surface area contributed by atoms with Crippen molar-refractivity contribution in [3.05, 3.63) is 48.0 Å². The van der Waals surface area contributed by atoms with Crippen LogP contribution in [0.25, 0.3) is 0 Å². The highest BCUT2D eigenvalue weighted by Gasteiger charge is 2.41. The van der Waals surface area contributed by atoms with E-state index in [9.17, 15) is 18.0 Å². The van der Waals surface area contributed by atoms with Crippen LogP contribution in [0.3, 0.4) is 0 Å². The standard InChI is InChI=1S/C22H24F3N3O/c1-27-20-8-5-18(14-15(20)2-9-21(27)29)26-17-3-6-19(7-4-17)28-12-10-16(11-13-28)22(23,24)25/h3-8,14,16,26H,2,9-13H2,1H3. The highest BCUT2D eigenvalue weighted by molar-refractivity contribution is 5.96. The molecule has 2 heterocycles. The lowest BCUT2D eigenvalue weighted by Crippen LogP contribution is -2.38. The second-order valence-corrected chi connectivity index (χ2v) is 7.77. The first-order valence-electron chi connectivity index (χ1n) is 9.89. The van der Waals surface area contributed by atoms with Gasteiger partial charge in [-0.15, -0.1) is 0 Å². The Kier molecular flexibility index (Phi) is 5.15. The van der Waals surface area contributed by atoms with E-state index < -0.39 is 12.1 Å². The van der Waals surface area contributed by atoms with Gasteiger partial charge in [-0.1, -0.05) is 0 Å². The van der Waals surface area contributed by atoms with Gasteiger partial charge in [0.05, 0.1) is 5.92 Å². The molecule has 0 bridgehead atoms. The van der Waals surface area contributed by atoms with Crippen molar-refractivity contribution in [3.63, 3.8) is 0 Å². The van der Waals surface area contributed by atoms with E-state index in [1.165, 1.54) is 0 Å². The fourth-order valence-electron chi connectivity index (χ4n) is 4.12. The Morgan fingerprint density at radius 1 is 0.966 bits per heavy atom. The predicted molar refractivity (Wildman–Crippen MR) is 109 cm³/mol. The fourth-order valence-corrected chi connectivity index (χ4v) is 4.12. The number of fused-ring (bicyclic) bond motifs is 1. The minimum atomic E-state index is -4.09. The minimum absolute atomic E-state index is 0.132. The van der Waals surface area contributed by atoms with Crippen molar-refractivity contribution in [2.45, 2.75) is 31.9 Å². The molecule has 2 aromatic carbocycles. The Hall–Kier alpha value is -2.70. The zero-order valence-electron chi connectivity index (χ0n) is 16.3. The number of amides is 1. The molecule has 0 atom stereocenters. The van der Waals surface area contributed by atoms with E-state index in [0.717, 1.165) is 34.7 Å². The van der Waals surface area contributed by atoms with Crippen molar-refractivity contribution in [1.29, 1.82) is 0 Å². The van der Waals surface area contributed by atoms with Crippen LogP contribution in [0.5, 0.6) is 0 Å². The summed E-state index contributed by atoms with van der Waals surface area (Å²) in [6.45, 7) is 0.849. The van der Waals surface area contributed by atoms with Crippen molar-refractivity contribution in [1.82, 2.24) is 0 Å². The van der Waals surface area contributed by atoms with E-state index in [2.05, 4.69) is 11.4 Å². The maximum absolute atomic E-state index is 12.8. The monoisotopic (exact) mass is 403 g/mol. The average Bonchev–Trinajstić information content (AvgIpc) is 2.71. The summed E-state index contributed by atoms with van der Waals surface area (Å²) in [6, 6.07) is 13.7.